The van der Waals surface area contributed by atoms with Crippen molar-refractivity contribution in [3.8, 4) is 28.3 Å². The fraction of sp³-hybridized carbons (Fsp3) is 0.217. The average Bonchev–Trinajstić information content (AvgIpc) is 3.35. The zero-order chi connectivity index (χ0) is 19.5. The van der Waals surface area contributed by atoms with Crippen LogP contribution in [-0.2, 0) is 6.42 Å². The van der Waals surface area contributed by atoms with E-state index in [9.17, 15) is 5.26 Å². The number of hydrogen-bond acceptors (Lipinski definition) is 4. The van der Waals surface area contributed by atoms with Crippen molar-refractivity contribution in [1.82, 2.24) is 14.9 Å². The summed E-state index contributed by atoms with van der Waals surface area (Å²) in [4.78, 5) is 10.3. The quantitative estimate of drug-likeness (QED) is 0.488. The lowest BCUT2D eigenvalue weighted by Gasteiger charge is -2.10. The van der Waals surface area contributed by atoms with Gasteiger partial charge in [-0.3, -0.25) is 4.98 Å². The third-order valence-electron chi connectivity index (χ3n) is 4.92. The van der Waals surface area contributed by atoms with E-state index in [2.05, 4.69) is 57.9 Å². The molecule has 1 N–H and O–H groups in total. The van der Waals surface area contributed by atoms with Gasteiger partial charge in [-0.15, -0.1) is 0 Å². The molecule has 0 unspecified atom stereocenters. The number of aromatic nitrogens is 2. The van der Waals surface area contributed by atoms with Crippen molar-refractivity contribution in [3.63, 3.8) is 0 Å². The minimum absolute atomic E-state index is 0.675. The van der Waals surface area contributed by atoms with Gasteiger partial charge in [0, 0.05) is 45.7 Å². The summed E-state index contributed by atoms with van der Waals surface area (Å²) in [7, 11) is 4.19. The lowest BCUT2D eigenvalue weighted by atomic mass is 9.98. The zero-order valence-electron chi connectivity index (χ0n) is 16.1. The van der Waals surface area contributed by atoms with E-state index in [0.717, 1.165) is 47.0 Å². The molecule has 5 heteroatoms. The molecule has 1 aromatic carbocycles. The zero-order valence-corrected chi connectivity index (χ0v) is 16.9. The van der Waals surface area contributed by atoms with Gasteiger partial charge in [0.1, 0.15) is 0 Å². The summed E-state index contributed by atoms with van der Waals surface area (Å²) >= 11 is 1.69. The minimum atomic E-state index is 0.675. The molecule has 0 radical (unpaired) electrons. The number of thiophene rings is 1. The number of aromatic amines is 1. The highest BCUT2D eigenvalue weighted by Crippen LogP contribution is 2.35. The van der Waals surface area contributed by atoms with Crippen LogP contribution in [0.25, 0.3) is 33.2 Å². The Labute approximate surface area is 169 Å². The lowest BCUT2D eigenvalue weighted by molar-refractivity contribution is 0.400. The second-order valence-corrected chi connectivity index (χ2v) is 8.01. The van der Waals surface area contributed by atoms with Crippen LogP contribution in [-0.4, -0.2) is 35.5 Å². The molecule has 28 heavy (non-hydrogen) atoms. The second-order valence-electron chi connectivity index (χ2n) is 7.23. The SMILES string of the molecule is CN(C)CCCc1[nH]c2ccc(C#N)cc2c1-c1cncc(-c2ccsc2)c1. The number of nitrogens with one attached hydrogen (secondary N) is 1. The second kappa shape index (κ2) is 7.97. The molecule has 0 bridgehead atoms. The number of rotatable bonds is 6. The van der Waals surface area contributed by atoms with Crippen molar-refractivity contribution in [2.45, 2.75) is 12.8 Å². The van der Waals surface area contributed by atoms with E-state index in [-0.39, 0.29) is 0 Å². The molecule has 0 aliphatic heterocycles. The van der Waals surface area contributed by atoms with Crippen LogP contribution < -0.4 is 0 Å². The van der Waals surface area contributed by atoms with Crippen LogP contribution in [0.5, 0.6) is 0 Å². The van der Waals surface area contributed by atoms with Gasteiger partial charge < -0.3 is 9.88 Å². The van der Waals surface area contributed by atoms with E-state index < -0.39 is 0 Å². The summed E-state index contributed by atoms with van der Waals surface area (Å²) in [5.74, 6) is 0. The fourth-order valence-electron chi connectivity index (χ4n) is 3.57. The van der Waals surface area contributed by atoms with E-state index in [1.807, 2.05) is 30.6 Å². The van der Waals surface area contributed by atoms with Crippen LogP contribution in [0.3, 0.4) is 0 Å². The summed E-state index contributed by atoms with van der Waals surface area (Å²) < 4.78 is 0. The largest absolute Gasteiger partial charge is 0.358 e. The Morgan fingerprint density at radius 2 is 1.96 bits per heavy atom. The van der Waals surface area contributed by atoms with Crippen LogP contribution >= 0.6 is 11.3 Å². The van der Waals surface area contributed by atoms with Gasteiger partial charge in [-0.1, -0.05) is 0 Å². The van der Waals surface area contributed by atoms with Gasteiger partial charge in [0.2, 0.25) is 0 Å². The maximum atomic E-state index is 9.36. The standard InChI is InChI=1S/C23H22N4S/c1-27(2)8-3-4-22-23(20-10-16(12-24)5-6-21(20)26-22)19-11-18(13-25-14-19)17-7-9-28-15-17/h5-7,9-11,13-15,26H,3-4,8H2,1-2H3. The van der Waals surface area contributed by atoms with E-state index in [4.69, 9.17) is 0 Å². The third kappa shape index (κ3) is 3.70. The Hall–Kier alpha value is -2.94. The topological polar surface area (TPSA) is 55.7 Å². The van der Waals surface area contributed by atoms with Gasteiger partial charge >= 0.3 is 0 Å². The molecule has 0 amide bonds. The molecule has 4 nitrogen and oxygen atoms in total. The summed E-state index contributed by atoms with van der Waals surface area (Å²) in [6.45, 7) is 1.03. The molecule has 3 heterocycles. The molecule has 0 aliphatic carbocycles. The number of benzene rings is 1. The molecule has 4 aromatic rings. The number of nitrogens with zero attached hydrogens (tertiary/aromatic N) is 3. The van der Waals surface area contributed by atoms with Crippen LogP contribution in [0.15, 0.2) is 53.5 Å². The van der Waals surface area contributed by atoms with E-state index in [0.29, 0.717) is 5.56 Å². The molecule has 0 atom stereocenters. The number of pyridine rings is 1. The first-order chi connectivity index (χ1) is 13.7. The van der Waals surface area contributed by atoms with Crippen LogP contribution in [0.2, 0.25) is 0 Å². The van der Waals surface area contributed by atoms with Crippen LogP contribution in [0, 0.1) is 11.3 Å². The number of hydrogen-bond donors (Lipinski definition) is 1. The number of H-pyrrole nitrogens is 1. The summed E-state index contributed by atoms with van der Waals surface area (Å²) in [5.41, 5.74) is 7.50. The van der Waals surface area contributed by atoms with Crippen molar-refractivity contribution in [2.24, 2.45) is 0 Å². The highest BCUT2D eigenvalue weighted by atomic mass is 32.1. The van der Waals surface area contributed by atoms with Crippen LogP contribution in [0.1, 0.15) is 17.7 Å². The van der Waals surface area contributed by atoms with E-state index in [1.165, 1.54) is 11.3 Å². The molecular weight excluding hydrogens is 364 g/mol. The van der Waals surface area contributed by atoms with Gasteiger partial charge in [-0.05, 0) is 80.1 Å². The van der Waals surface area contributed by atoms with Gasteiger partial charge in [-0.2, -0.15) is 16.6 Å². The number of aryl methyl sites for hydroxylation is 1. The Morgan fingerprint density at radius 1 is 1.11 bits per heavy atom. The maximum Gasteiger partial charge on any atom is 0.0991 e. The minimum Gasteiger partial charge on any atom is -0.358 e. The monoisotopic (exact) mass is 386 g/mol. The average molecular weight is 387 g/mol. The molecule has 140 valence electrons. The van der Waals surface area contributed by atoms with E-state index in [1.54, 1.807) is 11.3 Å². The predicted octanol–water partition coefficient (Wildman–Crippen LogP) is 5.32. The van der Waals surface area contributed by atoms with Crippen molar-refractivity contribution in [1.29, 1.82) is 5.26 Å². The molecule has 3 aromatic heterocycles. The third-order valence-corrected chi connectivity index (χ3v) is 5.60. The number of fused-ring (bicyclic) bond motifs is 1. The number of nitriles is 1. The normalized spacial score (nSPS) is 11.2. The molecule has 0 spiro atoms. The lowest BCUT2D eigenvalue weighted by Crippen LogP contribution is -2.13. The first-order valence-corrected chi connectivity index (χ1v) is 10.3. The Morgan fingerprint density at radius 3 is 2.71 bits per heavy atom. The molecular formula is C23H22N4S. The van der Waals surface area contributed by atoms with Gasteiger partial charge in [-0.25, -0.2) is 0 Å². The summed E-state index contributed by atoms with van der Waals surface area (Å²) in [6.07, 6.45) is 5.85. The molecule has 0 aliphatic rings. The first-order valence-electron chi connectivity index (χ1n) is 9.33. The Kier molecular flexibility index (Phi) is 5.25. The highest BCUT2D eigenvalue weighted by Gasteiger charge is 2.15. The molecule has 0 saturated heterocycles. The predicted molar refractivity (Wildman–Crippen MR) is 116 cm³/mol. The Balaban J connectivity index is 1.83. The van der Waals surface area contributed by atoms with E-state index >= 15 is 0 Å². The molecule has 4 rings (SSSR count). The molecule has 0 saturated carbocycles. The van der Waals surface area contributed by atoms with Crippen LogP contribution in [0.4, 0.5) is 0 Å². The summed E-state index contributed by atoms with van der Waals surface area (Å²) in [5, 5.41) is 14.7. The maximum absolute atomic E-state index is 9.36. The van der Waals surface area contributed by atoms with Gasteiger partial charge in [0.25, 0.3) is 0 Å². The smallest absolute Gasteiger partial charge is 0.0991 e. The first kappa shape index (κ1) is 18.4. The van der Waals surface area contributed by atoms with Crippen molar-refractivity contribution in [2.75, 3.05) is 20.6 Å². The Bertz CT molecular complexity index is 1130. The molecule has 0 fully saturated rings. The van der Waals surface area contributed by atoms with Crippen molar-refractivity contribution in [3.05, 3.63) is 64.7 Å². The van der Waals surface area contributed by atoms with Crippen molar-refractivity contribution < 1.29 is 0 Å². The highest BCUT2D eigenvalue weighted by molar-refractivity contribution is 7.08. The van der Waals surface area contributed by atoms with Gasteiger partial charge in [0.05, 0.1) is 11.6 Å². The fourth-order valence-corrected chi connectivity index (χ4v) is 4.23. The van der Waals surface area contributed by atoms with Gasteiger partial charge in [0.15, 0.2) is 0 Å². The van der Waals surface area contributed by atoms with Crippen molar-refractivity contribution >= 4 is 22.2 Å². The summed E-state index contributed by atoms with van der Waals surface area (Å²) in [6, 6.07) is 12.4.